The van der Waals surface area contributed by atoms with E-state index in [0.717, 1.165) is 36.5 Å². The third-order valence-electron chi connectivity index (χ3n) is 3.45. The highest BCUT2D eigenvalue weighted by atomic mass is 16.5. The monoisotopic (exact) mass is 273 g/mol. The predicted molar refractivity (Wildman–Crippen MR) is 80.9 cm³/mol. The first kappa shape index (κ1) is 14.6. The van der Waals surface area contributed by atoms with Gasteiger partial charge in [-0.15, -0.1) is 0 Å². The summed E-state index contributed by atoms with van der Waals surface area (Å²) in [6.07, 6.45) is 5.89. The molecule has 20 heavy (non-hydrogen) atoms. The van der Waals surface area contributed by atoms with Crippen molar-refractivity contribution in [3.63, 3.8) is 0 Å². The summed E-state index contributed by atoms with van der Waals surface area (Å²) in [6, 6.07) is 6.01. The minimum absolute atomic E-state index is 0.102. The first-order valence-corrected chi connectivity index (χ1v) is 7.05. The molecule has 0 saturated heterocycles. The van der Waals surface area contributed by atoms with E-state index in [0.29, 0.717) is 0 Å². The van der Waals surface area contributed by atoms with Crippen molar-refractivity contribution in [3.05, 3.63) is 47.5 Å². The number of nitrogens with zero attached hydrogens (tertiary/aromatic N) is 2. The van der Waals surface area contributed by atoms with Crippen LogP contribution in [0.3, 0.4) is 0 Å². The number of nitrogens with two attached hydrogens (primary N) is 1. The van der Waals surface area contributed by atoms with Crippen LogP contribution in [0.25, 0.3) is 0 Å². The van der Waals surface area contributed by atoms with Gasteiger partial charge < -0.3 is 15.0 Å². The second-order valence-electron chi connectivity index (χ2n) is 5.10. The topological polar surface area (TPSA) is 53.1 Å². The van der Waals surface area contributed by atoms with Crippen LogP contribution in [0.15, 0.2) is 30.6 Å². The Morgan fingerprint density at radius 3 is 2.90 bits per heavy atom. The second-order valence-corrected chi connectivity index (χ2v) is 5.10. The van der Waals surface area contributed by atoms with Gasteiger partial charge >= 0.3 is 0 Å². The van der Waals surface area contributed by atoms with Gasteiger partial charge in [-0.05, 0) is 19.4 Å². The summed E-state index contributed by atoms with van der Waals surface area (Å²) in [5.74, 6) is 1.94. The smallest absolute Gasteiger partial charge is 0.123 e. The minimum atomic E-state index is -0.102. The molecule has 4 heteroatoms. The summed E-state index contributed by atoms with van der Waals surface area (Å²) in [4.78, 5) is 4.39. The van der Waals surface area contributed by atoms with Gasteiger partial charge in [-0.1, -0.05) is 24.6 Å². The number of hydrogen-bond donors (Lipinski definition) is 1. The quantitative estimate of drug-likeness (QED) is 0.880. The van der Waals surface area contributed by atoms with Crippen LogP contribution in [0.5, 0.6) is 5.75 Å². The lowest BCUT2D eigenvalue weighted by molar-refractivity contribution is 0.401. The Morgan fingerprint density at radius 2 is 2.20 bits per heavy atom. The van der Waals surface area contributed by atoms with Crippen molar-refractivity contribution in [2.45, 2.75) is 39.3 Å². The lowest BCUT2D eigenvalue weighted by Crippen LogP contribution is -2.19. The zero-order valence-corrected chi connectivity index (χ0v) is 12.5. The van der Waals surface area contributed by atoms with Gasteiger partial charge in [0.05, 0.1) is 13.2 Å². The molecule has 0 spiro atoms. The summed E-state index contributed by atoms with van der Waals surface area (Å²) in [6.45, 7) is 4.94. The molecule has 2 rings (SSSR count). The molecule has 0 bridgehead atoms. The van der Waals surface area contributed by atoms with Crippen LogP contribution in [0.2, 0.25) is 0 Å². The molecule has 0 aliphatic rings. The third kappa shape index (κ3) is 3.20. The molecule has 4 nitrogen and oxygen atoms in total. The first-order valence-electron chi connectivity index (χ1n) is 7.05. The Kier molecular flexibility index (Phi) is 4.79. The van der Waals surface area contributed by atoms with E-state index in [1.807, 2.05) is 24.5 Å². The number of ether oxygens (including phenoxy) is 1. The zero-order valence-electron chi connectivity index (χ0n) is 12.5. The van der Waals surface area contributed by atoms with Gasteiger partial charge in [-0.2, -0.15) is 0 Å². The van der Waals surface area contributed by atoms with Crippen LogP contribution in [-0.2, 0) is 13.0 Å². The SMILES string of the molecule is CCCc1nccn1CC(N)c1cc(C)ccc1OC. The predicted octanol–water partition coefficient (Wildman–Crippen LogP) is 2.85. The summed E-state index contributed by atoms with van der Waals surface area (Å²) in [5, 5.41) is 0. The van der Waals surface area contributed by atoms with Crippen LogP contribution in [0, 0.1) is 6.92 Å². The number of methoxy groups -OCH3 is 1. The van der Waals surface area contributed by atoms with Crippen LogP contribution in [0.1, 0.15) is 36.3 Å². The molecule has 108 valence electrons. The lowest BCUT2D eigenvalue weighted by Gasteiger charge is -2.18. The third-order valence-corrected chi connectivity index (χ3v) is 3.45. The fourth-order valence-electron chi connectivity index (χ4n) is 2.41. The Bertz CT molecular complexity index is 563. The molecule has 0 saturated carbocycles. The van der Waals surface area contributed by atoms with Crippen LogP contribution in [-0.4, -0.2) is 16.7 Å². The Balaban J connectivity index is 2.21. The van der Waals surface area contributed by atoms with Crippen LogP contribution in [0.4, 0.5) is 0 Å². The molecule has 1 aromatic carbocycles. The molecule has 1 heterocycles. The average Bonchev–Trinajstić information content (AvgIpc) is 2.86. The molecule has 0 aliphatic carbocycles. The second kappa shape index (κ2) is 6.57. The maximum absolute atomic E-state index is 6.37. The number of rotatable bonds is 6. The maximum atomic E-state index is 6.37. The molecule has 0 amide bonds. The van der Waals surface area contributed by atoms with Crippen molar-refractivity contribution in [1.82, 2.24) is 9.55 Å². The van der Waals surface area contributed by atoms with Gasteiger partial charge in [0, 0.05) is 30.9 Å². The molecule has 0 fully saturated rings. The van der Waals surface area contributed by atoms with Crippen molar-refractivity contribution >= 4 is 0 Å². The fraction of sp³-hybridized carbons (Fsp3) is 0.438. The number of aryl methyl sites for hydroxylation is 2. The molecule has 0 radical (unpaired) electrons. The van der Waals surface area contributed by atoms with Crippen molar-refractivity contribution in [1.29, 1.82) is 0 Å². The number of imidazole rings is 1. The zero-order chi connectivity index (χ0) is 14.5. The van der Waals surface area contributed by atoms with E-state index >= 15 is 0 Å². The van der Waals surface area contributed by atoms with E-state index in [1.165, 1.54) is 5.56 Å². The molecular formula is C16H23N3O. The molecule has 1 unspecified atom stereocenters. The highest BCUT2D eigenvalue weighted by Gasteiger charge is 2.14. The van der Waals surface area contributed by atoms with E-state index in [2.05, 4.69) is 29.5 Å². The van der Waals surface area contributed by atoms with Gasteiger partial charge in [0.2, 0.25) is 0 Å². The molecule has 1 atom stereocenters. The summed E-state index contributed by atoms with van der Waals surface area (Å²) in [7, 11) is 1.68. The summed E-state index contributed by atoms with van der Waals surface area (Å²) in [5.41, 5.74) is 8.60. The summed E-state index contributed by atoms with van der Waals surface area (Å²) >= 11 is 0. The highest BCUT2D eigenvalue weighted by molar-refractivity contribution is 5.39. The van der Waals surface area contributed by atoms with E-state index in [9.17, 15) is 0 Å². The Labute approximate surface area is 120 Å². The molecule has 2 aromatic rings. The largest absolute Gasteiger partial charge is 0.496 e. The standard InChI is InChI=1S/C16H23N3O/c1-4-5-16-18-8-9-19(16)11-14(17)13-10-12(2)6-7-15(13)20-3/h6-10,14H,4-5,11,17H2,1-3H3. The Hall–Kier alpha value is -1.81. The first-order chi connectivity index (χ1) is 9.65. The fourth-order valence-corrected chi connectivity index (χ4v) is 2.41. The normalized spacial score (nSPS) is 12.4. The van der Waals surface area contributed by atoms with E-state index in [1.54, 1.807) is 7.11 Å². The summed E-state index contributed by atoms with van der Waals surface area (Å²) < 4.78 is 7.55. The lowest BCUT2D eigenvalue weighted by atomic mass is 10.0. The number of benzene rings is 1. The average molecular weight is 273 g/mol. The Morgan fingerprint density at radius 1 is 1.40 bits per heavy atom. The van der Waals surface area contributed by atoms with E-state index in [4.69, 9.17) is 10.5 Å². The van der Waals surface area contributed by atoms with Gasteiger partial charge in [-0.3, -0.25) is 0 Å². The van der Waals surface area contributed by atoms with Gasteiger partial charge in [0.25, 0.3) is 0 Å². The highest BCUT2D eigenvalue weighted by Crippen LogP contribution is 2.26. The number of hydrogen-bond acceptors (Lipinski definition) is 3. The molecule has 1 aromatic heterocycles. The van der Waals surface area contributed by atoms with Gasteiger partial charge in [0.1, 0.15) is 11.6 Å². The van der Waals surface area contributed by atoms with Crippen molar-refractivity contribution in [2.75, 3.05) is 7.11 Å². The number of aromatic nitrogens is 2. The molecule has 2 N–H and O–H groups in total. The maximum Gasteiger partial charge on any atom is 0.123 e. The minimum Gasteiger partial charge on any atom is -0.496 e. The van der Waals surface area contributed by atoms with Gasteiger partial charge in [-0.25, -0.2) is 4.98 Å². The van der Waals surface area contributed by atoms with Gasteiger partial charge in [0.15, 0.2) is 0 Å². The van der Waals surface area contributed by atoms with E-state index < -0.39 is 0 Å². The van der Waals surface area contributed by atoms with E-state index in [-0.39, 0.29) is 6.04 Å². The molecular weight excluding hydrogens is 250 g/mol. The van der Waals surface area contributed by atoms with Crippen molar-refractivity contribution in [3.8, 4) is 5.75 Å². The van der Waals surface area contributed by atoms with Crippen LogP contribution >= 0.6 is 0 Å². The molecule has 0 aliphatic heterocycles. The van der Waals surface area contributed by atoms with Crippen molar-refractivity contribution in [2.24, 2.45) is 5.73 Å². The van der Waals surface area contributed by atoms with Crippen LogP contribution < -0.4 is 10.5 Å². The van der Waals surface area contributed by atoms with Crippen molar-refractivity contribution < 1.29 is 4.74 Å².